The maximum atomic E-state index is 6.02. The summed E-state index contributed by atoms with van der Waals surface area (Å²) in [6, 6.07) is 6.68. The third-order valence-electron chi connectivity index (χ3n) is 3.90. The fraction of sp³-hybridized carbons (Fsp3) is 0.429. The van der Waals surface area contributed by atoms with Crippen molar-refractivity contribution >= 4 is 15.9 Å². The number of nitrogens with two attached hydrogens (primary N) is 1. The Morgan fingerprint density at radius 2 is 2.25 bits per heavy atom. The Balaban J connectivity index is 1.85. The molecule has 1 aliphatic heterocycles. The molecule has 106 valence electrons. The Morgan fingerprint density at radius 1 is 1.40 bits per heavy atom. The number of aromatic nitrogens is 3. The molecule has 0 saturated carbocycles. The van der Waals surface area contributed by atoms with Gasteiger partial charge in [0, 0.05) is 30.1 Å². The fourth-order valence-electron chi connectivity index (χ4n) is 2.72. The highest BCUT2D eigenvalue weighted by Crippen LogP contribution is 2.27. The number of halogens is 1. The maximum Gasteiger partial charge on any atom is 0.147 e. The van der Waals surface area contributed by atoms with Crippen LogP contribution in [-0.4, -0.2) is 32.8 Å². The van der Waals surface area contributed by atoms with E-state index in [1.165, 1.54) is 11.1 Å². The molecule has 2 aromatic rings. The minimum Gasteiger partial charge on any atom is -0.329 e. The lowest BCUT2D eigenvalue weighted by atomic mass is 10.0. The molecular weight excluding hydrogens is 318 g/mol. The Labute approximate surface area is 126 Å². The van der Waals surface area contributed by atoms with Gasteiger partial charge in [-0.1, -0.05) is 28.1 Å². The molecule has 0 aliphatic carbocycles. The number of aryl methyl sites for hydroxylation is 1. The van der Waals surface area contributed by atoms with E-state index >= 15 is 0 Å². The van der Waals surface area contributed by atoms with E-state index in [0.29, 0.717) is 6.54 Å². The summed E-state index contributed by atoms with van der Waals surface area (Å²) < 4.78 is 3.24. The molecule has 20 heavy (non-hydrogen) atoms. The van der Waals surface area contributed by atoms with Gasteiger partial charge in [0.2, 0.25) is 0 Å². The molecule has 1 atom stereocenters. The van der Waals surface area contributed by atoms with E-state index in [9.17, 15) is 0 Å². The third-order valence-corrected chi connectivity index (χ3v) is 4.79. The van der Waals surface area contributed by atoms with Gasteiger partial charge in [-0.15, -0.1) is 10.2 Å². The molecule has 0 saturated heterocycles. The largest absolute Gasteiger partial charge is 0.329 e. The molecule has 1 aliphatic rings. The van der Waals surface area contributed by atoms with E-state index in [-0.39, 0.29) is 6.04 Å². The zero-order valence-corrected chi connectivity index (χ0v) is 13.0. The van der Waals surface area contributed by atoms with Gasteiger partial charge >= 0.3 is 0 Å². The molecule has 0 spiro atoms. The summed E-state index contributed by atoms with van der Waals surface area (Å²) in [7, 11) is 0. The van der Waals surface area contributed by atoms with Crippen molar-refractivity contribution in [3.05, 3.63) is 46.0 Å². The highest BCUT2D eigenvalue weighted by atomic mass is 79.9. The SMILES string of the molecule is Cc1cc(C(CN)N2CCn3cnnc3C2)ccc1Br. The summed E-state index contributed by atoms with van der Waals surface area (Å²) in [5, 5.41) is 8.14. The van der Waals surface area contributed by atoms with Crippen molar-refractivity contribution in [2.24, 2.45) is 5.73 Å². The Bertz CT molecular complexity index is 609. The van der Waals surface area contributed by atoms with Crippen LogP contribution in [0.1, 0.15) is 23.0 Å². The Morgan fingerprint density at radius 3 is 3.00 bits per heavy atom. The standard InChI is InChI=1S/C14H18BrN5/c1-10-6-11(2-3-12(10)15)13(7-16)19-4-5-20-9-17-18-14(20)8-19/h2-3,6,9,13H,4-5,7-8,16H2,1H3. The zero-order chi connectivity index (χ0) is 14.1. The summed E-state index contributed by atoms with van der Waals surface area (Å²) in [5.41, 5.74) is 8.52. The molecule has 0 radical (unpaired) electrons. The lowest BCUT2D eigenvalue weighted by Crippen LogP contribution is -2.39. The number of hydrogen-bond donors (Lipinski definition) is 1. The monoisotopic (exact) mass is 335 g/mol. The Hall–Kier alpha value is -1.24. The molecule has 0 amide bonds. The summed E-state index contributed by atoms with van der Waals surface area (Å²) in [6.45, 7) is 5.41. The van der Waals surface area contributed by atoms with Gasteiger partial charge in [0.15, 0.2) is 0 Å². The fourth-order valence-corrected chi connectivity index (χ4v) is 2.97. The van der Waals surface area contributed by atoms with Crippen molar-refractivity contribution in [1.29, 1.82) is 0 Å². The predicted octanol–water partition coefficient (Wildman–Crippen LogP) is 1.86. The molecule has 2 N–H and O–H groups in total. The quantitative estimate of drug-likeness (QED) is 0.930. The van der Waals surface area contributed by atoms with Crippen LogP contribution in [0.25, 0.3) is 0 Å². The summed E-state index contributed by atoms with van der Waals surface area (Å²) >= 11 is 3.55. The van der Waals surface area contributed by atoms with Crippen LogP contribution < -0.4 is 5.73 Å². The van der Waals surface area contributed by atoms with Gasteiger partial charge in [0.1, 0.15) is 12.2 Å². The van der Waals surface area contributed by atoms with Crippen molar-refractivity contribution < 1.29 is 0 Å². The average Bonchev–Trinajstić information content (AvgIpc) is 2.91. The molecule has 5 nitrogen and oxygen atoms in total. The molecule has 0 fully saturated rings. The average molecular weight is 336 g/mol. The smallest absolute Gasteiger partial charge is 0.147 e. The van der Waals surface area contributed by atoms with Gasteiger partial charge in [-0.05, 0) is 24.1 Å². The van der Waals surface area contributed by atoms with Crippen LogP contribution in [-0.2, 0) is 13.1 Å². The van der Waals surface area contributed by atoms with Crippen LogP contribution in [0.15, 0.2) is 29.0 Å². The minimum absolute atomic E-state index is 0.229. The highest BCUT2D eigenvalue weighted by Gasteiger charge is 2.25. The molecule has 1 aromatic heterocycles. The summed E-state index contributed by atoms with van der Waals surface area (Å²) in [5.74, 6) is 1.02. The highest BCUT2D eigenvalue weighted by molar-refractivity contribution is 9.10. The van der Waals surface area contributed by atoms with Gasteiger partial charge in [-0.2, -0.15) is 0 Å². The van der Waals surface area contributed by atoms with Crippen LogP contribution in [0.4, 0.5) is 0 Å². The molecule has 0 bridgehead atoms. The van der Waals surface area contributed by atoms with Crippen molar-refractivity contribution in [2.45, 2.75) is 26.1 Å². The van der Waals surface area contributed by atoms with Crippen molar-refractivity contribution in [3.63, 3.8) is 0 Å². The molecular formula is C14H18BrN5. The molecule has 3 rings (SSSR count). The van der Waals surface area contributed by atoms with E-state index in [0.717, 1.165) is 29.9 Å². The lowest BCUT2D eigenvalue weighted by Gasteiger charge is -2.34. The van der Waals surface area contributed by atoms with Gasteiger partial charge in [-0.25, -0.2) is 0 Å². The van der Waals surface area contributed by atoms with E-state index < -0.39 is 0 Å². The second-order valence-corrected chi connectivity index (χ2v) is 6.03. The van der Waals surface area contributed by atoms with Crippen LogP contribution in [0.5, 0.6) is 0 Å². The van der Waals surface area contributed by atoms with Gasteiger partial charge in [0.25, 0.3) is 0 Å². The molecule has 1 aromatic carbocycles. The number of fused-ring (bicyclic) bond motifs is 1. The second kappa shape index (κ2) is 5.63. The number of nitrogens with zero attached hydrogens (tertiary/aromatic N) is 4. The minimum atomic E-state index is 0.229. The first-order valence-electron chi connectivity index (χ1n) is 6.76. The van der Waals surface area contributed by atoms with E-state index in [2.05, 4.69) is 60.7 Å². The molecule has 1 unspecified atom stereocenters. The predicted molar refractivity (Wildman–Crippen MR) is 81.1 cm³/mol. The number of benzene rings is 1. The van der Waals surface area contributed by atoms with Crippen LogP contribution in [0.3, 0.4) is 0 Å². The Kier molecular flexibility index (Phi) is 3.87. The third kappa shape index (κ3) is 2.51. The first-order chi connectivity index (χ1) is 9.69. The summed E-state index contributed by atoms with van der Waals surface area (Å²) in [6.07, 6.45) is 1.80. The van der Waals surface area contributed by atoms with E-state index in [1.807, 2.05) is 0 Å². The van der Waals surface area contributed by atoms with Crippen LogP contribution >= 0.6 is 15.9 Å². The van der Waals surface area contributed by atoms with Crippen LogP contribution in [0.2, 0.25) is 0 Å². The van der Waals surface area contributed by atoms with E-state index in [1.54, 1.807) is 6.33 Å². The van der Waals surface area contributed by atoms with Gasteiger partial charge < -0.3 is 10.3 Å². The van der Waals surface area contributed by atoms with Crippen molar-refractivity contribution in [2.75, 3.05) is 13.1 Å². The molecule has 6 heteroatoms. The lowest BCUT2D eigenvalue weighted by molar-refractivity contribution is 0.156. The maximum absolute atomic E-state index is 6.02. The first-order valence-corrected chi connectivity index (χ1v) is 7.55. The van der Waals surface area contributed by atoms with Gasteiger partial charge in [-0.3, -0.25) is 4.90 Å². The number of rotatable bonds is 3. The molecule has 2 heterocycles. The number of hydrogen-bond acceptors (Lipinski definition) is 4. The normalized spacial score (nSPS) is 16.9. The second-order valence-electron chi connectivity index (χ2n) is 5.17. The van der Waals surface area contributed by atoms with Gasteiger partial charge in [0.05, 0.1) is 6.54 Å². The topological polar surface area (TPSA) is 60.0 Å². The van der Waals surface area contributed by atoms with E-state index in [4.69, 9.17) is 5.73 Å². The zero-order valence-electron chi connectivity index (χ0n) is 11.5. The summed E-state index contributed by atoms with van der Waals surface area (Å²) in [4.78, 5) is 2.38. The first kappa shape index (κ1) is 13.7. The van der Waals surface area contributed by atoms with Crippen molar-refractivity contribution in [3.8, 4) is 0 Å². The van der Waals surface area contributed by atoms with Crippen molar-refractivity contribution in [1.82, 2.24) is 19.7 Å². The van der Waals surface area contributed by atoms with Crippen LogP contribution in [0, 0.1) is 6.92 Å².